The fraction of sp³-hybridized carbons (Fsp3) is 0.333. The standard InChI is InChI=1S/C24H25FN4OS/c1-28(2)20-13-14-29(15-20)19-9-5-17(6-10-19)23-26-27-24(30-23)22-12-11-21(31-22)16-3-7-18(25)8-4-16/h3-7,9-12,18,20H,8,13-15H2,1-2H3. The molecule has 0 saturated carbocycles. The van der Waals surface area contributed by atoms with Crippen LogP contribution in [-0.2, 0) is 0 Å². The van der Waals surface area contributed by atoms with Gasteiger partial charge in [-0.2, -0.15) is 0 Å². The highest BCUT2D eigenvalue weighted by atomic mass is 32.1. The van der Waals surface area contributed by atoms with E-state index in [1.807, 2.05) is 36.4 Å². The van der Waals surface area contributed by atoms with Crippen LogP contribution in [0, 0.1) is 0 Å². The topological polar surface area (TPSA) is 45.4 Å². The van der Waals surface area contributed by atoms with Gasteiger partial charge in [0.05, 0.1) is 4.88 Å². The highest BCUT2D eigenvalue weighted by Crippen LogP contribution is 2.35. The number of thiophene rings is 1. The van der Waals surface area contributed by atoms with Gasteiger partial charge >= 0.3 is 0 Å². The summed E-state index contributed by atoms with van der Waals surface area (Å²) in [6.07, 6.45) is 6.10. The summed E-state index contributed by atoms with van der Waals surface area (Å²) < 4.78 is 19.3. The summed E-state index contributed by atoms with van der Waals surface area (Å²) in [6, 6.07) is 12.9. The number of hydrogen-bond acceptors (Lipinski definition) is 6. The molecule has 1 aliphatic carbocycles. The first kappa shape index (κ1) is 20.2. The third-order valence-corrected chi connectivity index (χ3v) is 7.07. The number of nitrogens with zero attached hydrogens (tertiary/aromatic N) is 4. The number of anilines is 1. The molecular weight excluding hydrogens is 411 g/mol. The van der Waals surface area contributed by atoms with Crippen LogP contribution in [0.4, 0.5) is 10.1 Å². The lowest BCUT2D eigenvalue weighted by Crippen LogP contribution is -2.31. The van der Waals surface area contributed by atoms with Crippen molar-refractivity contribution in [3.05, 3.63) is 59.5 Å². The highest BCUT2D eigenvalue weighted by Gasteiger charge is 2.24. The molecule has 1 aliphatic heterocycles. The Labute approximate surface area is 185 Å². The molecule has 0 radical (unpaired) electrons. The maximum absolute atomic E-state index is 13.3. The minimum atomic E-state index is -0.882. The summed E-state index contributed by atoms with van der Waals surface area (Å²) >= 11 is 1.58. The van der Waals surface area contributed by atoms with Gasteiger partial charge in [0, 0.05) is 41.7 Å². The first-order valence-corrected chi connectivity index (χ1v) is 11.4. The van der Waals surface area contributed by atoms with Crippen LogP contribution in [0.3, 0.4) is 0 Å². The van der Waals surface area contributed by atoms with Crippen LogP contribution in [0.2, 0.25) is 0 Å². The minimum absolute atomic E-state index is 0.424. The Kier molecular flexibility index (Phi) is 5.46. The van der Waals surface area contributed by atoms with Crippen LogP contribution in [0.15, 0.2) is 59.0 Å². The molecule has 7 heteroatoms. The molecule has 1 aromatic carbocycles. The molecule has 31 heavy (non-hydrogen) atoms. The number of hydrogen-bond donors (Lipinski definition) is 0. The van der Waals surface area contributed by atoms with Gasteiger partial charge in [-0.25, -0.2) is 4.39 Å². The van der Waals surface area contributed by atoms with Crippen molar-refractivity contribution in [3.8, 4) is 22.2 Å². The van der Waals surface area contributed by atoms with E-state index in [0.717, 1.165) is 34.0 Å². The van der Waals surface area contributed by atoms with E-state index in [-0.39, 0.29) is 0 Å². The molecule has 2 atom stereocenters. The van der Waals surface area contributed by atoms with Gasteiger partial charge in [0.2, 0.25) is 5.89 Å². The quantitative estimate of drug-likeness (QED) is 0.544. The number of alkyl halides is 1. The summed E-state index contributed by atoms with van der Waals surface area (Å²) in [5.41, 5.74) is 3.17. The zero-order chi connectivity index (χ0) is 21.4. The summed E-state index contributed by atoms with van der Waals surface area (Å²) in [5.74, 6) is 1.02. The van der Waals surface area contributed by atoms with Crippen molar-refractivity contribution in [1.29, 1.82) is 0 Å². The normalized spacial score (nSPS) is 21.2. The number of benzene rings is 1. The van der Waals surface area contributed by atoms with Crippen LogP contribution in [0.5, 0.6) is 0 Å². The summed E-state index contributed by atoms with van der Waals surface area (Å²) in [4.78, 5) is 6.70. The number of rotatable bonds is 5. The van der Waals surface area contributed by atoms with Crippen LogP contribution in [0.1, 0.15) is 17.7 Å². The molecule has 160 valence electrons. The lowest BCUT2D eigenvalue weighted by molar-refractivity contribution is 0.315. The molecule has 0 amide bonds. The second kappa shape index (κ2) is 8.40. The second-order valence-electron chi connectivity index (χ2n) is 8.25. The third kappa shape index (κ3) is 4.20. The van der Waals surface area contributed by atoms with Gasteiger partial charge in [-0.15, -0.1) is 21.5 Å². The SMILES string of the molecule is CN(C)C1CCN(c2ccc(-c3nnc(-c4ccc(C5=CCC(F)C=C5)s4)o3)cc2)C1. The highest BCUT2D eigenvalue weighted by molar-refractivity contribution is 7.16. The largest absolute Gasteiger partial charge is 0.415 e. The molecule has 1 fully saturated rings. The third-order valence-electron chi connectivity index (χ3n) is 5.95. The van der Waals surface area contributed by atoms with Gasteiger partial charge < -0.3 is 14.2 Å². The van der Waals surface area contributed by atoms with Gasteiger partial charge in [-0.05, 0) is 68.6 Å². The predicted molar refractivity (Wildman–Crippen MR) is 124 cm³/mol. The average molecular weight is 437 g/mol. The van der Waals surface area contributed by atoms with Crippen molar-refractivity contribution < 1.29 is 8.81 Å². The van der Waals surface area contributed by atoms with Gasteiger partial charge in [-0.1, -0.05) is 12.2 Å². The van der Waals surface area contributed by atoms with Crippen LogP contribution < -0.4 is 4.90 Å². The van der Waals surface area contributed by atoms with Crippen molar-refractivity contribution in [2.45, 2.75) is 25.1 Å². The molecule has 0 spiro atoms. The van der Waals surface area contributed by atoms with Crippen LogP contribution >= 0.6 is 11.3 Å². The Bertz CT molecular complexity index is 1110. The Balaban J connectivity index is 1.29. The van der Waals surface area contributed by atoms with Crippen molar-refractivity contribution in [2.24, 2.45) is 0 Å². The monoisotopic (exact) mass is 436 g/mol. The Morgan fingerprint density at radius 1 is 1.06 bits per heavy atom. The van der Waals surface area contributed by atoms with Gasteiger partial charge in [-0.3, -0.25) is 0 Å². The molecule has 2 unspecified atom stereocenters. The number of aromatic nitrogens is 2. The molecule has 3 aromatic rings. The number of halogens is 1. The number of allylic oxidation sites excluding steroid dienone is 4. The summed E-state index contributed by atoms with van der Waals surface area (Å²) in [6.45, 7) is 2.13. The van der Waals surface area contributed by atoms with E-state index in [0.29, 0.717) is 24.2 Å². The zero-order valence-electron chi connectivity index (χ0n) is 17.7. The van der Waals surface area contributed by atoms with Crippen LogP contribution in [0.25, 0.3) is 27.8 Å². The molecule has 1 saturated heterocycles. The Hall–Kier alpha value is -2.77. The molecule has 2 aliphatic rings. The predicted octanol–water partition coefficient (Wildman–Crippen LogP) is 5.29. The molecule has 5 rings (SSSR count). The number of likely N-dealkylation sites (N-methyl/N-ethyl adjacent to an activating group) is 1. The Morgan fingerprint density at radius 2 is 1.84 bits per heavy atom. The maximum atomic E-state index is 13.3. The van der Waals surface area contributed by atoms with Crippen molar-refractivity contribution in [1.82, 2.24) is 15.1 Å². The minimum Gasteiger partial charge on any atom is -0.415 e. The van der Waals surface area contributed by atoms with Crippen molar-refractivity contribution >= 4 is 22.6 Å². The van der Waals surface area contributed by atoms with Gasteiger partial charge in [0.15, 0.2) is 0 Å². The fourth-order valence-corrected chi connectivity index (χ4v) is 4.99. The second-order valence-corrected chi connectivity index (χ2v) is 9.33. The van der Waals surface area contributed by atoms with Gasteiger partial charge in [0.1, 0.15) is 6.17 Å². The van der Waals surface area contributed by atoms with Crippen molar-refractivity contribution in [2.75, 3.05) is 32.1 Å². The van der Waals surface area contributed by atoms with E-state index in [1.54, 1.807) is 17.4 Å². The lowest BCUT2D eigenvalue weighted by atomic mass is 10.0. The van der Waals surface area contributed by atoms with E-state index in [1.165, 1.54) is 12.1 Å². The first-order chi connectivity index (χ1) is 15.1. The Morgan fingerprint density at radius 3 is 2.55 bits per heavy atom. The first-order valence-electron chi connectivity index (χ1n) is 10.5. The fourth-order valence-electron chi connectivity index (χ4n) is 4.04. The van der Waals surface area contributed by atoms with Gasteiger partial charge in [0.25, 0.3) is 5.89 Å². The molecular formula is C24H25FN4OS. The summed E-state index contributed by atoms with van der Waals surface area (Å²) in [5, 5.41) is 8.49. The van der Waals surface area contributed by atoms with E-state index in [4.69, 9.17) is 4.42 Å². The van der Waals surface area contributed by atoms with E-state index in [9.17, 15) is 4.39 Å². The average Bonchev–Trinajstić information content (AvgIpc) is 3.54. The zero-order valence-corrected chi connectivity index (χ0v) is 18.5. The molecule has 0 bridgehead atoms. The van der Waals surface area contributed by atoms with E-state index >= 15 is 0 Å². The maximum Gasteiger partial charge on any atom is 0.258 e. The van der Waals surface area contributed by atoms with Crippen LogP contribution in [-0.4, -0.2) is 54.5 Å². The lowest BCUT2D eigenvalue weighted by Gasteiger charge is -2.21. The molecule has 2 aromatic heterocycles. The van der Waals surface area contributed by atoms with E-state index in [2.05, 4.69) is 46.2 Å². The molecule has 5 nitrogen and oxygen atoms in total. The summed E-state index contributed by atoms with van der Waals surface area (Å²) in [7, 11) is 4.28. The molecule has 0 N–H and O–H groups in total. The molecule has 3 heterocycles. The van der Waals surface area contributed by atoms with E-state index < -0.39 is 6.17 Å². The van der Waals surface area contributed by atoms with Crippen molar-refractivity contribution in [3.63, 3.8) is 0 Å². The smallest absolute Gasteiger partial charge is 0.258 e.